The first-order chi connectivity index (χ1) is 5.22. The van der Waals surface area contributed by atoms with E-state index in [1.807, 2.05) is 0 Å². The van der Waals surface area contributed by atoms with Gasteiger partial charge in [0, 0.05) is 16.8 Å². The molecule has 0 aliphatic rings. The smallest absolute Gasteiger partial charge is 0.209 e. The van der Waals surface area contributed by atoms with Crippen molar-refractivity contribution in [2.24, 2.45) is 0 Å². The molecule has 60 valence electrons. The number of carbonyl (C=O) groups excluding carboxylic acids is 1. The molecule has 0 N–H and O–H groups in total. The van der Waals surface area contributed by atoms with E-state index in [1.165, 1.54) is 9.75 Å². The minimum atomic E-state index is 0.724. The molecule has 1 amide bonds. The number of amides is 1. The maximum atomic E-state index is 10.2. The zero-order chi connectivity index (χ0) is 8.27. The van der Waals surface area contributed by atoms with E-state index in [9.17, 15) is 4.79 Å². The zero-order valence-corrected chi connectivity index (χ0v) is 7.52. The predicted molar refractivity (Wildman–Crippen MR) is 46.6 cm³/mol. The fraction of sp³-hybridized carbons (Fsp3) is 0.375. The molecule has 1 rings (SSSR count). The van der Waals surface area contributed by atoms with Crippen LogP contribution in [0.3, 0.4) is 0 Å². The third-order valence-electron chi connectivity index (χ3n) is 1.38. The molecule has 0 fully saturated rings. The Labute approximate surface area is 70.5 Å². The first kappa shape index (κ1) is 8.27. The summed E-state index contributed by atoms with van der Waals surface area (Å²) in [6, 6.07) is 4.12. The Morgan fingerprint density at radius 2 is 2.36 bits per heavy atom. The Bertz CT molecular complexity index is 244. The van der Waals surface area contributed by atoms with Crippen LogP contribution in [0.1, 0.15) is 9.75 Å². The van der Waals surface area contributed by atoms with Crippen LogP contribution in [0, 0.1) is 6.92 Å². The summed E-state index contributed by atoms with van der Waals surface area (Å²) in [6.07, 6.45) is 0.842. The van der Waals surface area contributed by atoms with Gasteiger partial charge in [-0.15, -0.1) is 11.3 Å². The minimum absolute atomic E-state index is 0.724. The molecular weight excluding hydrogens is 158 g/mol. The van der Waals surface area contributed by atoms with Crippen LogP contribution in [0.25, 0.3) is 0 Å². The first-order valence-electron chi connectivity index (χ1n) is 3.43. The molecule has 11 heavy (non-hydrogen) atoms. The summed E-state index contributed by atoms with van der Waals surface area (Å²) in [7, 11) is 1.78. The molecule has 3 heteroatoms. The van der Waals surface area contributed by atoms with Crippen molar-refractivity contribution < 1.29 is 4.79 Å². The van der Waals surface area contributed by atoms with Crippen molar-refractivity contribution in [3.05, 3.63) is 21.9 Å². The van der Waals surface area contributed by atoms with Crippen molar-refractivity contribution in [3.63, 3.8) is 0 Å². The number of nitrogens with zero attached hydrogens (tertiary/aromatic N) is 1. The van der Waals surface area contributed by atoms with Gasteiger partial charge in [0.05, 0.1) is 6.54 Å². The Balaban J connectivity index is 2.57. The SMILES string of the molecule is Cc1ccc(CN(C)C=O)s1. The van der Waals surface area contributed by atoms with Gasteiger partial charge in [-0.05, 0) is 19.1 Å². The molecule has 0 aliphatic heterocycles. The van der Waals surface area contributed by atoms with E-state index in [2.05, 4.69) is 19.1 Å². The average molecular weight is 169 g/mol. The molecule has 0 aromatic carbocycles. The monoisotopic (exact) mass is 169 g/mol. The van der Waals surface area contributed by atoms with Crippen molar-refractivity contribution >= 4 is 17.7 Å². The largest absolute Gasteiger partial charge is 0.343 e. The lowest BCUT2D eigenvalue weighted by molar-refractivity contribution is -0.117. The molecule has 0 spiro atoms. The predicted octanol–water partition coefficient (Wildman–Crippen LogP) is 1.64. The summed E-state index contributed by atoms with van der Waals surface area (Å²) < 4.78 is 0. The van der Waals surface area contributed by atoms with E-state index in [4.69, 9.17) is 0 Å². The molecule has 0 unspecified atom stereocenters. The van der Waals surface area contributed by atoms with Crippen molar-refractivity contribution in [1.82, 2.24) is 4.90 Å². The second kappa shape index (κ2) is 3.53. The third kappa shape index (κ3) is 2.35. The van der Waals surface area contributed by atoms with Crippen LogP contribution < -0.4 is 0 Å². The van der Waals surface area contributed by atoms with Crippen molar-refractivity contribution in [2.45, 2.75) is 13.5 Å². The fourth-order valence-corrected chi connectivity index (χ4v) is 1.81. The molecule has 0 bridgehead atoms. The maximum Gasteiger partial charge on any atom is 0.209 e. The number of aryl methyl sites for hydroxylation is 1. The molecule has 0 saturated heterocycles. The highest BCUT2D eigenvalue weighted by Gasteiger charge is 1.98. The number of thiophene rings is 1. The summed E-state index contributed by atoms with van der Waals surface area (Å²) in [5, 5.41) is 0. The summed E-state index contributed by atoms with van der Waals surface area (Å²) in [5.41, 5.74) is 0. The molecule has 0 atom stereocenters. The number of carbonyl (C=O) groups is 1. The van der Waals surface area contributed by atoms with Gasteiger partial charge in [-0.25, -0.2) is 0 Å². The van der Waals surface area contributed by atoms with Crippen LogP contribution in [-0.4, -0.2) is 18.4 Å². The lowest BCUT2D eigenvalue weighted by atomic mass is 10.4. The van der Waals surface area contributed by atoms with Crippen LogP contribution in [-0.2, 0) is 11.3 Å². The molecule has 1 aromatic heterocycles. The second-order valence-electron chi connectivity index (χ2n) is 2.53. The quantitative estimate of drug-likeness (QED) is 0.630. The highest BCUT2D eigenvalue weighted by Crippen LogP contribution is 2.15. The van der Waals surface area contributed by atoms with Crippen molar-refractivity contribution in [1.29, 1.82) is 0 Å². The third-order valence-corrected chi connectivity index (χ3v) is 2.37. The summed E-state index contributed by atoms with van der Waals surface area (Å²) >= 11 is 1.73. The van der Waals surface area contributed by atoms with Crippen LogP contribution in [0.15, 0.2) is 12.1 Å². The van der Waals surface area contributed by atoms with E-state index in [0.717, 1.165) is 13.0 Å². The number of hydrogen-bond donors (Lipinski definition) is 0. The Kier molecular flexibility index (Phi) is 2.65. The average Bonchev–Trinajstić information content (AvgIpc) is 2.35. The Morgan fingerprint density at radius 1 is 1.64 bits per heavy atom. The lowest BCUT2D eigenvalue weighted by Gasteiger charge is -2.06. The zero-order valence-electron chi connectivity index (χ0n) is 6.70. The van der Waals surface area contributed by atoms with Crippen LogP contribution in [0.5, 0.6) is 0 Å². The van der Waals surface area contributed by atoms with Crippen LogP contribution in [0.4, 0.5) is 0 Å². The molecule has 0 radical (unpaired) electrons. The van der Waals surface area contributed by atoms with Gasteiger partial charge < -0.3 is 4.90 Å². The topological polar surface area (TPSA) is 20.3 Å². The van der Waals surface area contributed by atoms with E-state index in [1.54, 1.807) is 23.3 Å². The minimum Gasteiger partial charge on any atom is -0.343 e. The highest BCUT2D eigenvalue weighted by molar-refractivity contribution is 7.11. The molecule has 1 aromatic rings. The van der Waals surface area contributed by atoms with Gasteiger partial charge in [0.2, 0.25) is 6.41 Å². The van der Waals surface area contributed by atoms with E-state index >= 15 is 0 Å². The summed E-state index contributed by atoms with van der Waals surface area (Å²) in [5.74, 6) is 0. The van der Waals surface area contributed by atoms with Crippen LogP contribution in [0.2, 0.25) is 0 Å². The van der Waals surface area contributed by atoms with E-state index < -0.39 is 0 Å². The summed E-state index contributed by atoms with van der Waals surface area (Å²) in [6.45, 7) is 2.79. The van der Waals surface area contributed by atoms with Crippen LogP contribution >= 0.6 is 11.3 Å². The highest BCUT2D eigenvalue weighted by atomic mass is 32.1. The van der Waals surface area contributed by atoms with E-state index in [0.29, 0.717) is 0 Å². The van der Waals surface area contributed by atoms with E-state index in [-0.39, 0.29) is 0 Å². The molecular formula is C8H11NOS. The normalized spacial score (nSPS) is 9.64. The number of hydrogen-bond acceptors (Lipinski definition) is 2. The number of rotatable bonds is 3. The first-order valence-corrected chi connectivity index (χ1v) is 4.25. The maximum absolute atomic E-state index is 10.2. The molecule has 1 heterocycles. The molecule has 2 nitrogen and oxygen atoms in total. The van der Waals surface area contributed by atoms with Gasteiger partial charge in [-0.2, -0.15) is 0 Å². The van der Waals surface area contributed by atoms with Gasteiger partial charge >= 0.3 is 0 Å². The second-order valence-corrected chi connectivity index (χ2v) is 3.91. The fourth-order valence-electron chi connectivity index (χ4n) is 0.853. The Morgan fingerprint density at radius 3 is 2.82 bits per heavy atom. The van der Waals surface area contributed by atoms with Gasteiger partial charge in [-0.3, -0.25) is 4.79 Å². The molecule has 0 aliphatic carbocycles. The standard InChI is InChI=1S/C8H11NOS/c1-7-3-4-8(11-7)5-9(2)6-10/h3-4,6H,5H2,1-2H3. The van der Waals surface area contributed by atoms with Gasteiger partial charge in [0.1, 0.15) is 0 Å². The summed E-state index contributed by atoms with van der Waals surface area (Å²) in [4.78, 5) is 14.4. The van der Waals surface area contributed by atoms with Gasteiger partial charge in [0.25, 0.3) is 0 Å². The molecule has 0 saturated carbocycles. The Hall–Kier alpha value is -0.830. The van der Waals surface area contributed by atoms with Crippen molar-refractivity contribution in [2.75, 3.05) is 7.05 Å². The van der Waals surface area contributed by atoms with Gasteiger partial charge in [-0.1, -0.05) is 0 Å². The van der Waals surface area contributed by atoms with Crippen molar-refractivity contribution in [3.8, 4) is 0 Å². The lowest BCUT2D eigenvalue weighted by Crippen LogP contribution is -2.13. The van der Waals surface area contributed by atoms with Gasteiger partial charge in [0.15, 0.2) is 0 Å².